The molecule has 3 aromatic rings. The third-order valence-corrected chi connectivity index (χ3v) is 3.89. The zero-order chi connectivity index (χ0) is 14.6. The molecule has 0 amide bonds. The molecule has 0 spiro atoms. The molecule has 3 heterocycles. The van der Waals surface area contributed by atoms with Crippen LogP contribution in [0.3, 0.4) is 0 Å². The zero-order valence-corrected chi connectivity index (χ0v) is 11.5. The molecule has 21 heavy (non-hydrogen) atoms. The third kappa shape index (κ3) is 1.62. The quantitative estimate of drug-likeness (QED) is 0.722. The van der Waals surface area contributed by atoms with Crippen LogP contribution in [0.4, 0.5) is 4.39 Å². The molecule has 4 heteroatoms. The lowest BCUT2D eigenvalue weighted by atomic mass is 9.98. The van der Waals surface area contributed by atoms with E-state index in [4.69, 9.17) is 4.74 Å². The van der Waals surface area contributed by atoms with E-state index in [1.807, 2.05) is 25.1 Å². The Morgan fingerprint density at radius 2 is 2.24 bits per heavy atom. The number of aryl methyl sites for hydroxylation is 1. The number of aromatic amines is 1. The van der Waals surface area contributed by atoms with Crippen LogP contribution in [0, 0.1) is 5.82 Å². The van der Waals surface area contributed by atoms with E-state index >= 15 is 0 Å². The number of pyridine rings is 1. The van der Waals surface area contributed by atoms with Crippen molar-refractivity contribution in [3.05, 3.63) is 54.1 Å². The molecule has 0 radical (unpaired) electrons. The molecule has 1 aliphatic rings. The van der Waals surface area contributed by atoms with E-state index in [9.17, 15) is 4.39 Å². The molecular formula is C17H13FN2O. The molecule has 104 valence electrons. The van der Waals surface area contributed by atoms with Gasteiger partial charge in [0.2, 0.25) is 5.88 Å². The summed E-state index contributed by atoms with van der Waals surface area (Å²) in [6.07, 6.45) is 2.34. The van der Waals surface area contributed by atoms with Gasteiger partial charge in [0.25, 0.3) is 0 Å². The highest BCUT2D eigenvalue weighted by Crippen LogP contribution is 2.44. The monoisotopic (exact) mass is 280 g/mol. The van der Waals surface area contributed by atoms with Gasteiger partial charge in [-0.25, -0.2) is 9.37 Å². The number of fused-ring (bicyclic) bond motifs is 5. The van der Waals surface area contributed by atoms with Crippen molar-refractivity contribution < 1.29 is 9.13 Å². The van der Waals surface area contributed by atoms with Gasteiger partial charge >= 0.3 is 0 Å². The predicted molar refractivity (Wildman–Crippen MR) is 80.5 cm³/mol. The van der Waals surface area contributed by atoms with Crippen molar-refractivity contribution in [1.29, 1.82) is 0 Å². The van der Waals surface area contributed by atoms with Crippen molar-refractivity contribution in [2.75, 3.05) is 0 Å². The molecular weight excluding hydrogens is 267 g/mol. The molecule has 4 rings (SSSR count). The van der Waals surface area contributed by atoms with E-state index in [1.54, 1.807) is 6.20 Å². The Balaban J connectivity index is 2.12. The third-order valence-electron chi connectivity index (χ3n) is 3.89. The van der Waals surface area contributed by atoms with Gasteiger partial charge in [-0.1, -0.05) is 13.5 Å². The standard InChI is InChI=1S/C17H13FN2O/c1-3-10-7-12-14(8-13(10)18)20-16-9(2)21-17-11(15(12)16)5-4-6-19-17/h4-8,20H,2-3H2,1H3. The lowest BCUT2D eigenvalue weighted by molar-refractivity contribution is 0.490. The first-order valence-corrected chi connectivity index (χ1v) is 6.85. The maximum atomic E-state index is 14.0. The smallest absolute Gasteiger partial charge is 0.227 e. The fraction of sp³-hybridized carbons (Fsp3) is 0.118. The number of aromatic nitrogens is 2. The highest BCUT2D eigenvalue weighted by atomic mass is 19.1. The Morgan fingerprint density at radius 3 is 3.05 bits per heavy atom. The molecule has 1 aromatic carbocycles. The molecule has 3 nitrogen and oxygen atoms in total. The van der Waals surface area contributed by atoms with Gasteiger partial charge in [0.15, 0.2) is 0 Å². The van der Waals surface area contributed by atoms with E-state index in [2.05, 4.69) is 16.5 Å². The van der Waals surface area contributed by atoms with Crippen LogP contribution in [0.5, 0.6) is 5.88 Å². The number of nitrogens with one attached hydrogen (secondary N) is 1. The number of benzene rings is 1. The average molecular weight is 280 g/mol. The number of H-pyrrole nitrogens is 1. The molecule has 0 unspecified atom stereocenters. The van der Waals surface area contributed by atoms with Gasteiger partial charge in [0, 0.05) is 28.2 Å². The van der Waals surface area contributed by atoms with Gasteiger partial charge < -0.3 is 9.72 Å². The number of hydrogen-bond donors (Lipinski definition) is 1. The normalized spacial score (nSPS) is 13.0. The van der Waals surface area contributed by atoms with Crippen molar-refractivity contribution in [2.45, 2.75) is 13.3 Å². The second-order valence-corrected chi connectivity index (χ2v) is 5.10. The Kier molecular flexibility index (Phi) is 2.42. The molecule has 0 aliphatic carbocycles. The summed E-state index contributed by atoms with van der Waals surface area (Å²) in [6, 6.07) is 7.25. The first-order valence-electron chi connectivity index (χ1n) is 6.85. The number of rotatable bonds is 1. The van der Waals surface area contributed by atoms with Gasteiger partial charge in [-0.05, 0) is 36.2 Å². The number of ether oxygens (including phenoxy) is 1. The maximum Gasteiger partial charge on any atom is 0.227 e. The van der Waals surface area contributed by atoms with E-state index < -0.39 is 0 Å². The van der Waals surface area contributed by atoms with Gasteiger partial charge in [0.05, 0.1) is 5.69 Å². The van der Waals surface area contributed by atoms with Crippen LogP contribution in [0.2, 0.25) is 0 Å². The zero-order valence-electron chi connectivity index (χ0n) is 11.5. The summed E-state index contributed by atoms with van der Waals surface area (Å²) in [4.78, 5) is 7.45. The van der Waals surface area contributed by atoms with Crippen LogP contribution in [-0.2, 0) is 6.42 Å². The minimum atomic E-state index is -0.193. The minimum Gasteiger partial charge on any atom is -0.437 e. The summed E-state index contributed by atoms with van der Waals surface area (Å²) < 4.78 is 19.6. The highest BCUT2D eigenvalue weighted by Gasteiger charge is 2.26. The molecule has 0 bridgehead atoms. The maximum absolute atomic E-state index is 14.0. The van der Waals surface area contributed by atoms with Crippen molar-refractivity contribution in [3.63, 3.8) is 0 Å². The molecule has 1 aliphatic heterocycles. The predicted octanol–water partition coefficient (Wildman–Crippen LogP) is 4.29. The lowest BCUT2D eigenvalue weighted by Crippen LogP contribution is -2.04. The molecule has 1 N–H and O–H groups in total. The Morgan fingerprint density at radius 1 is 1.38 bits per heavy atom. The summed E-state index contributed by atoms with van der Waals surface area (Å²) in [5, 5.41) is 0.974. The van der Waals surface area contributed by atoms with E-state index in [1.165, 1.54) is 6.07 Å². The molecule has 0 atom stereocenters. The summed E-state index contributed by atoms with van der Waals surface area (Å²) in [6.45, 7) is 5.87. The molecule has 0 fully saturated rings. The van der Waals surface area contributed by atoms with Crippen molar-refractivity contribution in [1.82, 2.24) is 9.97 Å². The average Bonchev–Trinajstić information content (AvgIpc) is 2.85. The summed E-state index contributed by atoms with van der Waals surface area (Å²) in [7, 11) is 0. The van der Waals surface area contributed by atoms with Crippen LogP contribution in [0.1, 0.15) is 18.2 Å². The van der Waals surface area contributed by atoms with Gasteiger partial charge in [-0.2, -0.15) is 0 Å². The number of nitrogens with zero attached hydrogens (tertiary/aromatic N) is 1. The first kappa shape index (κ1) is 12.1. The summed E-state index contributed by atoms with van der Waals surface area (Å²) in [5.41, 5.74) is 4.13. The van der Waals surface area contributed by atoms with Gasteiger partial charge in [-0.3, -0.25) is 0 Å². The van der Waals surface area contributed by atoms with Crippen LogP contribution in [-0.4, -0.2) is 9.97 Å². The summed E-state index contributed by atoms with van der Waals surface area (Å²) in [5.74, 6) is 0.852. The summed E-state index contributed by atoms with van der Waals surface area (Å²) >= 11 is 0. The Hall–Kier alpha value is -2.62. The Labute approximate surface area is 121 Å². The first-order chi connectivity index (χ1) is 10.2. The van der Waals surface area contributed by atoms with E-state index in [0.717, 1.165) is 27.7 Å². The van der Waals surface area contributed by atoms with Crippen molar-refractivity contribution in [3.8, 4) is 17.0 Å². The molecule has 0 saturated heterocycles. The number of hydrogen-bond acceptors (Lipinski definition) is 2. The van der Waals surface area contributed by atoms with Crippen LogP contribution in [0.25, 0.3) is 27.8 Å². The van der Waals surface area contributed by atoms with Crippen molar-refractivity contribution in [2.24, 2.45) is 0 Å². The molecule has 2 aromatic heterocycles. The Bertz CT molecular complexity index is 895. The van der Waals surface area contributed by atoms with Gasteiger partial charge in [0.1, 0.15) is 11.6 Å². The fourth-order valence-corrected chi connectivity index (χ4v) is 2.85. The van der Waals surface area contributed by atoms with Crippen LogP contribution >= 0.6 is 0 Å². The van der Waals surface area contributed by atoms with E-state index in [0.29, 0.717) is 23.6 Å². The fourth-order valence-electron chi connectivity index (χ4n) is 2.85. The second-order valence-electron chi connectivity index (χ2n) is 5.10. The molecule has 0 saturated carbocycles. The van der Waals surface area contributed by atoms with E-state index in [-0.39, 0.29) is 5.82 Å². The highest BCUT2D eigenvalue weighted by molar-refractivity contribution is 6.03. The van der Waals surface area contributed by atoms with Crippen molar-refractivity contribution >= 4 is 16.7 Å². The largest absolute Gasteiger partial charge is 0.437 e. The second kappa shape index (κ2) is 4.19. The number of halogens is 1. The lowest BCUT2D eigenvalue weighted by Gasteiger charge is -2.18. The van der Waals surface area contributed by atoms with Crippen LogP contribution < -0.4 is 4.74 Å². The SMILES string of the molecule is C=C1Oc2ncccc2-c2c1[nH]c1cc(F)c(CC)cc21. The van der Waals surface area contributed by atoms with Gasteiger partial charge in [-0.15, -0.1) is 0 Å². The van der Waals surface area contributed by atoms with Crippen LogP contribution in [0.15, 0.2) is 37.0 Å². The topological polar surface area (TPSA) is 37.9 Å². The minimum absolute atomic E-state index is 0.193.